The van der Waals surface area contributed by atoms with Crippen molar-refractivity contribution in [3.63, 3.8) is 0 Å². The summed E-state index contributed by atoms with van der Waals surface area (Å²) in [4.78, 5) is 204. The Labute approximate surface area is 649 Å². The van der Waals surface area contributed by atoms with Crippen LogP contribution in [0.5, 0.6) is 5.75 Å². The first-order valence-electron chi connectivity index (χ1n) is 38.1. The number of nitro benzene ring substituents is 1. The number of nitro groups is 1. The number of phenols is 1. The molecule has 112 heavy (non-hydrogen) atoms. The molecule has 0 spiro atoms. The van der Waals surface area contributed by atoms with Crippen molar-refractivity contribution in [3.05, 3.63) is 33.9 Å². The molecule has 2 saturated heterocycles. The van der Waals surface area contributed by atoms with E-state index >= 15 is 0 Å². The minimum absolute atomic E-state index is 0.0276. The van der Waals surface area contributed by atoms with Crippen LogP contribution in [0.15, 0.2) is 18.2 Å². The Morgan fingerprint density at radius 1 is 0.589 bits per heavy atom. The van der Waals surface area contributed by atoms with E-state index < -0.39 is 259 Å². The molecule has 0 radical (unpaired) electrons. The minimum Gasteiger partial charge on any atom is -0.502 e. The zero-order chi connectivity index (χ0) is 84.5. The predicted molar refractivity (Wildman–Crippen MR) is 398 cm³/mol. The Morgan fingerprint density at radius 3 is 1.67 bits per heavy atom. The van der Waals surface area contributed by atoms with Crippen LogP contribution in [0.2, 0.25) is 0 Å². The molecule has 40 nitrogen and oxygen atoms in total. The third-order valence-corrected chi connectivity index (χ3v) is 19.2. The van der Waals surface area contributed by atoms with Crippen molar-refractivity contribution in [2.24, 2.45) is 29.0 Å². The summed E-state index contributed by atoms with van der Waals surface area (Å²) in [5, 5.41) is 118. The van der Waals surface area contributed by atoms with Crippen molar-refractivity contribution in [2.75, 3.05) is 26.2 Å². The van der Waals surface area contributed by atoms with Gasteiger partial charge in [0.1, 0.15) is 66.5 Å². The number of primary amides is 2. The highest BCUT2D eigenvalue weighted by molar-refractivity contribution is 6.00. The van der Waals surface area contributed by atoms with Gasteiger partial charge in [-0.2, -0.15) is 0 Å². The average molecular weight is 1590 g/mol. The molecule has 19 atom stereocenters. The van der Waals surface area contributed by atoms with Gasteiger partial charge in [0, 0.05) is 32.0 Å². The van der Waals surface area contributed by atoms with Gasteiger partial charge in [0.15, 0.2) is 5.75 Å². The Balaban J connectivity index is 1.86. The third kappa shape index (κ3) is 31.3. The van der Waals surface area contributed by atoms with Crippen molar-refractivity contribution in [1.29, 1.82) is 0 Å². The van der Waals surface area contributed by atoms with Crippen molar-refractivity contribution < 1.29 is 118 Å². The SMILES string of the molecule is CCCCCCCCCCCCC[C@H](CC(=O)N[C@@H](C(=O)N[C@H](C)C(=O)N[C@@H](Cc1ccc(O)c([N+](=O)[O-])c1)C(=O)N[C@H](C(=O)N1C[C@H](O)C[C@H]1C(=O)N[C@@H](C(=O)N[C@H](C(=O)N1CC[C@H](O)[C@H]1C(=O)N[C@H](C(=O)NCC(=O)N[C@@H](C(N)=O)[C@@H](C)O)[C@H](O)CC(N)=O)[C@@H](C)O)[C@@H](C)O)C(C)C)[C@@H](C)O)OC(=O)[C@@H](C)CCCN. The molecule has 2 aliphatic heterocycles. The largest absolute Gasteiger partial charge is 0.502 e. The summed E-state index contributed by atoms with van der Waals surface area (Å²) in [5.74, 6) is -17.9. The maximum absolute atomic E-state index is 14.8. The van der Waals surface area contributed by atoms with E-state index in [9.17, 15) is 118 Å². The molecule has 1 aromatic rings. The van der Waals surface area contributed by atoms with E-state index in [0.717, 1.165) is 69.9 Å². The first-order chi connectivity index (χ1) is 52.6. The van der Waals surface area contributed by atoms with E-state index in [2.05, 4.69) is 54.8 Å². The number of esters is 1. The highest BCUT2D eigenvalue weighted by Gasteiger charge is 2.48. The van der Waals surface area contributed by atoms with Crippen LogP contribution in [0.1, 0.15) is 183 Å². The van der Waals surface area contributed by atoms with Crippen molar-refractivity contribution in [2.45, 2.75) is 294 Å². The summed E-state index contributed by atoms with van der Waals surface area (Å²) in [5.41, 5.74) is 15.3. The van der Waals surface area contributed by atoms with Crippen molar-refractivity contribution in [1.82, 2.24) is 57.7 Å². The van der Waals surface area contributed by atoms with E-state index in [1.54, 1.807) is 6.92 Å². The van der Waals surface area contributed by atoms with E-state index in [1.807, 2.05) is 0 Å². The van der Waals surface area contributed by atoms with Crippen LogP contribution >= 0.6 is 0 Å². The summed E-state index contributed by atoms with van der Waals surface area (Å²) in [6, 6.07) is -15.3. The number of aliphatic hydroxyl groups is 7. The van der Waals surface area contributed by atoms with Gasteiger partial charge in [-0.15, -0.1) is 0 Å². The minimum atomic E-state index is -2.15. The molecule has 2 fully saturated rings. The summed E-state index contributed by atoms with van der Waals surface area (Å²) < 4.78 is 5.83. The maximum atomic E-state index is 14.8. The zero-order valence-corrected chi connectivity index (χ0v) is 65.1. The van der Waals surface area contributed by atoms with Crippen LogP contribution < -0.4 is 65.1 Å². The fourth-order valence-electron chi connectivity index (χ4n) is 12.7. The zero-order valence-electron chi connectivity index (χ0n) is 65.1. The number of phenolic OH excluding ortho intramolecular Hbond substituents is 1. The van der Waals surface area contributed by atoms with Crippen LogP contribution in [0.3, 0.4) is 0 Å². The lowest BCUT2D eigenvalue weighted by Crippen LogP contribution is -2.64. The first-order valence-corrected chi connectivity index (χ1v) is 38.1. The van der Waals surface area contributed by atoms with E-state index in [-0.39, 0.29) is 18.4 Å². The van der Waals surface area contributed by atoms with Gasteiger partial charge in [-0.3, -0.25) is 77.2 Å². The van der Waals surface area contributed by atoms with Crippen molar-refractivity contribution >= 4 is 88.5 Å². The molecule has 40 heteroatoms. The number of carbonyl (C=O) groups is 14. The van der Waals surface area contributed by atoms with Gasteiger partial charge in [-0.1, -0.05) is 98.0 Å². The molecule has 13 amide bonds. The molecule has 0 saturated carbocycles. The number of nitrogens with zero attached hydrogens (tertiary/aromatic N) is 3. The monoisotopic (exact) mass is 1590 g/mol. The Hall–Kier alpha value is -9.32. The molecule has 1 aromatic carbocycles. The molecule has 632 valence electrons. The molecule has 0 aromatic heterocycles. The Morgan fingerprint density at radius 2 is 1.12 bits per heavy atom. The van der Waals surface area contributed by atoms with Crippen LogP contribution in [0.25, 0.3) is 0 Å². The third-order valence-electron chi connectivity index (χ3n) is 19.2. The smallest absolute Gasteiger partial charge is 0.310 e. The summed E-state index contributed by atoms with van der Waals surface area (Å²) >= 11 is 0. The lowest BCUT2D eigenvalue weighted by molar-refractivity contribution is -0.385. The second kappa shape index (κ2) is 47.9. The number of hydrogen-bond acceptors (Lipinski definition) is 26. The molecule has 0 bridgehead atoms. The summed E-state index contributed by atoms with van der Waals surface area (Å²) in [6.07, 6.45) is -2.95. The van der Waals surface area contributed by atoms with Gasteiger partial charge >= 0.3 is 11.7 Å². The topological polar surface area (TPSA) is 646 Å². The second-order valence-electron chi connectivity index (χ2n) is 29.3. The maximum Gasteiger partial charge on any atom is 0.310 e. The standard InChI is InChI=1S/C72H119N15O25/c1-10-11-12-13-14-15-16-17-18-19-20-23-45(112-72(109)37(4)22-21-27-73)32-53(97)79-57(40(7)89)67(104)77-38(5)63(100)78-46(29-43-24-25-49(93)47(30-43)87(110)111)64(101)81-55(36(2)3)70(107)86-35-44(92)31-48(86)65(102)82-58(41(8)90)68(105)83-59(42(9)91)71(108)85-28-26-50(94)61(85)69(106)84-60(51(95)33-52(74)96)66(103)76-34-54(98)80-56(39(6)88)62(75)99/h24-25,30,36-42,44-46,48,50-51,55-61,88-95H,10-23,26-29,31-35,73H2,1-9H3,(H2,74,96)(H2,75,99)(H,76,103)(H,77,104)(H,78,100)(H,79,97)(H,80,98)(H,81,101)(H,82,102)(H,83,105)(H,84,106)/t37-,38+,39+,40+,41+,42+,44+,45+,46-,48-,50-,51+,55-,56+,57+,58+,59-,60-,61-/m0/s1. The average Bonchev–Trinajstić information content (AvgIpc) is 1.44. The number of likely N-dealkylation sites (tertiary alicyclic amines) is 2. The molecular weight excluding hydrogens is 1470 g/mol. The Bertz CT molecular complexity index is 3360. The van der Waals surface area contributed by atoms with Gasteiger partial charge < -0.3 is 120 Å². The fourth-order valence-corrected chi connectivity index (χ4v) is 12.7. The molecular formula is C72H119N15O25. The van der Waals surface area contributed by atoms with E-state index in [0.29, 0.717) is 37.1 Å². The number of ether oxygens (including phenoxy) is 1. The van der Waals surface area contributed by atoms with E-state index in [4.69, 9.17) is 21.9 Å². The number of unbranched alkanes of at least 4 members (excludes halogenated alkanes) is 10. The number of benzene rings is 1. The molecule has 2 heterocycles. The van der Waals surface area contributed by atoms with Crippen LogP contribution in [-0.2, 0) is 78.3 Å². The highest BCUT2D eigenvalue weighted by Crippen LogP contribution is 2.28. The molecule has 0 aliphatic carbocycles. The van der Waals surface area contributed by atoms with Gasteiger partial charge in [0.2, 0.25) is 76.8 Å². The summed E-state index contributed by atoms with van der Waals surface area (Å²) in [6.45, 7) is 10.6. The van der Waals surface area contributed by atoms with Crippen LogP contribution in [0.4, 0.5) is 5.69 Å². The van der Waals surface area contributed by atoms with Gasteiger partial charge in [0.25, 0.3) is 0 Å². The lowest BCUT2D eigenvalue weighted by Gasteiger charge is -2.34. The number of nitrogens with two attached hydrogens (primary N) is 3. The van der Waals surface area contributed by atoms with Gasteiger partial charge in [-0.25, -0.2) is 0 Å². The first kappa shape index (κ1) is 96.9. The Kier molecular flexibility index (Phi) is 41.4. The summed E-state index contributed by atoms with van der Waals surface area (Å²) in [7, 11) is 0. The van der Waals surface area contributed by atoms with Crippen LogP contribution in [0, 0.1) is 22.0 Å². The fraction of sp³-hybridized carbons (Fsp3) is 0.722. The number of aromatic hydroxyl groups is 1. The molecule has 3 rings (SSSR count). The quantitative estimate of drug-likeness (QED) is 0.0126. The van der Waals surface area contributed by atoms with Gasteiger partial charge in [0.05, 0.1) is 73.0 Å². The number of carbonyl (C=O) groups excluding carboxylic acids is 14. The number of nitrogens with one attached hydrogen (secondary N) is 9. The number of amides is 13. The number of rotatable bonds is 50. The molecule has 2 aliphatic rings. The number of β-amino-alcohol motifs (C(OH)–C–C–N with tert-alkyl or cyclic N) is 1. The highest BCUT2D eigenvalue weighted by atomic mass is 16.6. The predicted octanol–water partition coefficient (Wildman–Crippen LogP) is -4.94. The normalized spacial score (nSPS) is 19.5. The lowest BCUT2D eigenvalue weighted by atomic mass is 9.99. The molecule has 0 unspecified atom stereocenters. The van der Waals surface area contributed by atoms with Gasteiger partial charge in [-0.05, 0) is 90.8 Å². The second-order valence-corrected chi connectivity index (χ2v) is 29.3. The molecule has 23 N–H and O–H groups in total. The number of aliphatic hydroxyl groups excluding tert-OH is 7. The van der Waals surface area contributed by atoms with Crippen LogP contribution in [-0.4, -0.2) is 274 Å². The van der Waals surface area contributed by atoms with E-state index in [1.165, 1.54) is 65.9 Å². The van der Waals surface area contributed by atoms with Crippen molar-refractivity contribution in [3.8, 4) is 5.75 Å². The number of hydrogen-bond donors (Lipinski definition) is 20.